The first-order valence-corrected chi connectivity index (χ1v) is 8.13. The van der Waals surface area contributed by atoms with Gasteiger partial charge in [0, 0.05) is 6.42 Å². The summed E-state index contributed by atoms with van der Waals surface area (Å²) in [6.45, 7) is 2.06. The molecule has 118 valence electrons. The second-order valence-corrected chi connectivity index (χ2v) is 7.27. The van der Waals surface area contributed by atoms with E-state index in [1.807, 2.05) is 0 Å². The molecule has 0 aliphatic carbocycles. The number of carbonyl (C=O) groups excluding carboxylic acids is 1. The molecule has 0 saturated carbocycles. The fraction of sp³-hybridized carbons (Fsp3) is 0.500. The average Bonchev–Trinajstić information content (AvgIpc) is 2.39. The van der Waals surface area contributed by atoms with Crippen molar-refractivity contribution >= 4 is 52.3 Å². The fourth-order valence-corrected chi connectivity index (χ4v) is 2.08. The number of nitrogens with one attached hydrogen (secondary N) is 1. The van der Waals surface area contributed by atoms with Crippen molar-refractivity contribution in [1.82, 2.24) is 5.32 Å². The van der Waals surface area contributed by atoms with Crippen LogP contribution in [0.4, 0.5) is 0 Å². The standard InChI is InChI=1S/C14H17Cl4NO2/c1-2-3-4-9-12(20)19-13(14(16,17)18)21-11-8-6-5-7-10(11)15/h5-8,13H,2-4,9H2,1H3,(H,19,20)/t13-/m1/s1. The molecule has 21 heavy (non-hydrogen) atoms. The Bertz CT molecular complexity index is 463. The summed E-state index contributed by atoms with van der Waals surface area (Å²) in [6.07, 6.45) is 2.02. The Labute approximate surface area is 144 Å². The molecule has 0 fully saturated rings. The molecule has 0 aromatic heterocycles. The minimum atomic E-state index is -1.81. The van der Waals surface area contributed by atoms with Crippen LogP contribution < -0.4 is 10.1 Å². The minimum absolute atomic E-state index is 0.230. The second kappa shape index (κ2) is 8.94. The second-order valence-electron chi connectivity index (χ2n) is 4.49. The Morgan fingerprint density at radius 3 is 2.52 bits per heavy atom. The average molecular weight is 373 g/mol. The van der Waals surface area contributed by atoms with Gasteiger partial charge in [-0.05, 0) is 18.6 Å². The van der Waals surface area contributed by atoms with Crippen molar-refractivity contribution in [2.75, 3.05) is 0 Å². The summed E-state index contributed by atoms with van der Waals surface area (Å²) >= 11 is 23.6. The number of hydrogen-bond acceptors (Lipinski definition) is 2. The summed E-state index contributed by atoms with van der Waals surface area (Å²) in [5.41, 5.74) is 0. The number of carbonyl (C=O) groups is 1. The smallest absolute Gasteiger partial charge is 0.246 e. The summed E-state index contributed by atoms with van der Waals surface area (Å²) in [5, 5.41) is 2.95. The Balaban J connectivity index is 2.69. The van der Waals surface area contributed by atoms with Gasteiger partial charge in [-0.15, -0.1) is 0 Å². The van der Waals surface area contributed by atoms with Gasteiger partial charge in [0.1, 0.15) is 5.75 Å². The molecule has 7 heteroatoms. The maximum Gasteiger partial charge on any atom is 0.246 e. The molecule has 0 spiro atoms. The first kappa shape index (κ1) is 18.7. The number of rotatable bonds is 7. The highest BCUT2D eigenvalue weighted by molar-refractivity contribution is 6.68. The number of hydrogen-bond donors (Lipinski definition) is 1. The van der Waals surface area contributed by atoms with Gasteiger partial charge < -0.3 is 10.1 Å². The van der Waals surface area contributed by atoms with E-state index in [0.717, 1.165) is 19.3 Å². The molecule has 1 amide bonds. The monoisotopic (exact) mass is 371 g/mol. The van der Waals surface area contributed by atoms with Crippen LogP contribution >= 0.6 is 46.4 Å². The molecule has 1 aromatic carbocycles. The molecule has 0 saturated heterocycles. The first-order valence-electron chi connectivity index (χ1n) is 6.62. The van der Waals surface area contributed by atoms with Crippen LogP contribution in [0, 0.1) is 0 Å². The van der Waals surface area contributed by atoms with Crippen molar-refractivity contribution in [2.45, 2.75) is 42.6 Å². The molecule has 3 nitrogen and oxygen atoms in total. The van der Waals surface area contributed by atoms with E-state index in [4.69, 9.17) is 51.1 Å². The van der Waals surface area contributed by atoms with E-state index in [1.165, 1.54) is 0 Å². The van der Waals surface area contributed by atoms with Crippen molar-refractivity contribution in [2.24, 2.45) is 0 Å². The van der Waals surface area contributed by atoms with Crippen molar-refractivity contribution in [3.8, 4) is 5.75 Å². The summed E-state index contributed by atoms with van der Waals surface area (Å²) in [4.78, 5) is 11.9. The number of ether oxygens (including phenoxy) is 1. The van der Waals surface area contributed by atoms with Crippen LogP contribution in [0.5, 0.6) is 5.75 Å². The topological polar surface area (TPSA) is 38.3 Å². The van der Waals surface area contributed by atoms with Crippen LogP contribution in [0.1, 0.15) is 32.6 Å². The van der Waals surface area contributed by atoms with E-state index in [0.29, 0.717) is 17.2 Å². The fourth-order valence-electron chi connectivity index (χ4n) is 1.60. The lowest BCUT2D eigenvalue weighted by molar-refractivity contribution is -0.123. The third kappa shape index (κ3) is 6.96. The maximum atomic E-state index is 11.9. The third-order valence-electron chi connectivity index (χ3n) is 2.68. The lowest BCUT2D eigenvalue weighted by Gasteiger charge is -2.26. The number of benzene rings is 1. The number of amides is 1. The SMILES string of the molecule is CCCCCC(=O)N[C@H](Oc1ccccc1Cl)C(Cl)(Cl)Cl. The van der Waals surface area contributed by atoms with Crippen LogP contribution in [0.15, 0.2) is 24.3 Å². The van der Waals surface area contributed by atoms with Crippen LogP contribution in [0.3, 0.4) is 0 Å². The molecule has 0 bridgehead atoms. The highest BCUT2D eigenvalue weighted by Crippen LogP contribution is 2.34. The van der Waals surface area contributed by atoms with Gasteiger partial charge >= 0.3 is 0 Å². The normalized spacial score (nSPS) is 12.8. The highest BCUT2D eigenvalue weighted by Gasteiger charge is 2.36. The molecule has 0 unspecified atom stereocenters. The summed E-state index contributed by atoms with van der Waals surface area (Å²) in [6, 6.07) is 6.77. The van der Waals surface area contributed by atoms with Gasteiger partial charge in [0.25, 0.3) is 0 Å². The molecule has 0 aliphatic heterocycles. The van der Waals surface area contributed by atoms with Crippen molar-refractivity contribution in [3.05, 3.63) is 29.3 Å². The van der Waals surface area contributed by atoms with Gasteiger partial charge in [0.05, 0.1) is 5.02 Å². The maximum absolute atomic E-state index is 11.9. The predicted molar refractivity (Wildman–Crippen MR) is 88.4 cm³/mol. The Kier molecular flexibility index (Phi) is 7.96. The lowest BCUT2D eigenvalue weighted by atomic mass is 10.2. The Morgan fingerprint density at radius 1 is 1.29 bits per heavy atom. The van der Waals surface area contributed by atoms with Gasteiger partial charge in [-0.1, -0.05) is 78.3 Å². The molecule has 1 atom stereocenters. The van der Waals surface area contributed by atoms with E-state index in [9.17, 15) is 4.79 Å². The summed E-state index contributed by atoms with van der Waals surface area (Å²) in [7, 11) is 0. The summed E-state index contributed by atoms with van der Waals surface area (Å²) < 4.78 is 3.72. The minimum Gasteiger partial charge on any atom is -0.464 e. The zero-order chi connectivity index (χ0) is 15.9. The van der Waals surface area contributed by atoms with Gasteiger partial charge in [-0.3, -0.25) is 4.79 Å². The van der Waals surface area contributed by atoms with Gasteiger partial charge in [0.15, 0.2) is 0 Å². The van der Waals surface area contributed by atoms with E-state index in [1.54, 1.807) is 24.3 Å². The molecule has 0 aliphatic rings. The zero-order valence-electron chi connectivity index (χ0n) is 11.5. The Morgan fingerprint density at radius 2 is 1.95 bits per heavy atom. The van der Waals surface area contributed by atoms with Gasteiger partial charge in [0.2, 0.25) is 15.9 Å². The van der Waals surface area contributed by atoms with Gasteiger partial charge in [-0.25, -0.2) is 0 Å². The summed E-state index contributed by atoms with van der Waals surface area (Å²) in [5.74, 6) is 0.108. The highest BCUT2D eigenvalue weighted by atomic mass is 35.6. The molecular weight excluding hydrogens is 356 g/mol. The van der Waals surface area contributed by atoms with E-state index < -0.39 is 10.0 Å². The lowest BCUT2D eigenvalue weighted by Crippen LogP contribution is -2.47. The van der Waals surface area contributed by atoms with Crippen molar-refractivity contribution < 1.29 is 9.53 Å². The van der Waals surface area contributed by atoms with E-state index in [2.05, 4.69) is 12.2 Å². The number of halogens is 4. The number of alkyl halides is 3. The van der Waals surface area contributed by atoms with Gasteiger partial charge in [-0.2, -0.15) is 0 Å². The molecule has 1 rings (SSSR count). The predicted octanol–water partition coefficient (Wildman–Crippen LogP) is 5.11. The largest absolute Gasteiger partial charge is 0.464 e. The quantitative estimate of drug-likeness (QED) is 0.410. The molecular formula is C14H17Cl4NO2. The van der Waals surface area contributed by atoms with Crippen LogP contribution in [0.25, 0.3) is 0 Å². The van der Waals surface area contributed by atoms with E-state index in [-0.39, 0.29) is 5.91 Å². The molecule has 1 aromatic rings. The molecule has 0 heterocycles. The molecule has 0 radical (unpaired) electrons. The van der Waals surface area contributed by atoms with Crippen LogP contribution in [-0.2, 0) is 4.79 Å². The third-order valence-corrected chi connectivity index (χ3v) is 3.59. The van der Waals surface area contributed by atoms with Crippen molar-refractivity contribution in [1.29, 1.82) is 0 Å². The first-order chi connectivity index (χ1) is 9.84. The van der Waals surface area contributed by atoms with Crippen LogP contribution in [0.2, 0.25) is 5.02 Å². The number of para-hydroxylation sites is 1. The van der Waals surface area contributed by atoms with Crippen molar-refractivity contribution in [3.63, 3.8) is 0 Å². The van der Waals surface area contributed by atoms with Crippen LogP contribution in [-0.4, -0.2) is 15.9 Å². The molecule has 1 N–H and O–H groups in total. The zero-order valence-corrected chi connectivity index (χ0v) is 14.6. The number of unbranched alkanes of at least 4 members (excludes halogenated alkanes) is 2. The van der Waals surface area contributed by atoms with E-state index >= 15 is 0 Å². The Hall–Kier alpha value is -0.350.